The van der Waals surface area contributed by atoms with Crippen molar-refractivity contribution in [2.75, 3.05) is 17.6 Å². The summed E-state index contributed by atoms with van der Waals surface area (Å²) in [4.78, 5) is 23.2. The molecule has 0 saturated carbocycles. The fourth-order valence-corrected chi connectivity index (χ4v) is 2.76. The molecule has 1 atom stereocenters. The molecule has 110 valence electrons. The van der Waals surface area contributed by atoms with Gasteiger partial charge in [0, 0.05) is 17.0 Å². The smallest absolute Gasteiger partial charge is 0.279 e. The van der Waals surface area contributed by atoms with Crippen LogP contribution < -0.4 is 16.4 Å². The molecule has 4 N–H and O–H groups in total. The average molecular weight is 303 g/mol. The molecule has 0 spiro atoms. The monoisotopic (exact) mass is 303 g/mol. The van der Waals surface area contributed by atoms with Gasteiger partial charge in [-0.25, -0.2) is 0 Å². The van der Waals surface area contributed by atoms with E-state index in [0.29, 0.717) is 12.3 Å². The molecule has 1 aliphatic rings. The summed E-state index contributed by atoms with van der Waals surface area (Å²) in [6.07, 6.45) is 0.777. The van der Waals surface area contributed by atoms with E-state index in [1.807, 2.05) is 25.1 Å². The van der Waals surface area contributed by atoms with Gasteiger partial charge >= 0.3 is 0 Å². The van der Waals surface area contributed by atoms with Gasteiger partial charge in [-0.05, 0) is 30.2 Å². The maximum absolute atomic E-state index is 12.1. The van der Waals surface area contributed by atoms with Crippen LogP contribution in [0.2, 0.25) is 0 Å². The normalized spacial score (nSPS) is 16.9. The van der Waals surface area contributed by atoms with Gasteiger partial charge in [-0.2, -0.15) is 0 Å². The Kier molecular flexibility index (Phi) is 5.26. The lowest BCUT2D eigenvalue weighted by molar-refractivity contribution is -0.117. The van der Waals surface area contributed by atoms with E-state index < -0.39 is 6.04 Å². The molecule has 1 aromatic carbocycles. The third-order valence-corrected chi connectivity index (χ3v) is 3.95. The summed E-state index contributed by atoms with van der Waals surface area (Å²) in [6.45, 7) is 2.33. The predicted molar refractivity (Wildman–Crippen MR) is 85.2 cm³/mol. The molecule has 0 bridgehead atoms. The van der Waals surface area contributed by atoms with Crippen LogP contribution in [0.5, 0.6) is 0 Å². The number of aryl methyl sites for hydroxylation is 1. The third kappa shape index (κ3) is 4.00. The standard InChI is InChI=1S/C15H17N3O2S/c1-2-11-8-10(4-3-7-16)5-6-12(11)17-14(19)13-9-21-15(20)18-13/h5-6,8,13H,2,7,9,16H2,1H3,(H,17,19)(H,18,20). The lowest BCUT2D eigenvalue weighted by Gasteiger charge is -2.13. The summed E-state index contributed by atoms with van der Waals surface area (Å²) in [5.74, 6) is 6.05. The van der Waals surface area contributed by atoms with Crippen molar-refractivity contribution in [2.45, 2.75) is 19.4 Å². The molecule has 1 aliphatic heterocycles. The summed E-state index contributed by atoms with van der Waals surface area (Å²) in [6, 6.07) is 5.16. The van der Waals surface area contributed by atoms with Crippen LogP contribution in [0.15, 0.2) is 18.2 Å². The number of nitrogens with two attached hydrogens (primary N) is 1. The van der Waals surface area contributed by atoms with Gasteiger partial charge in [-0.15, -0.1) is 0 Å². The first-order chi connectivity index (χ1) is 10.1. The van der Waals surface area contributed by atoms with E-state index in [1.165, 1.54) is 0 Å². The van der Waals surface area contributed by atoms with Crippen molar-refractivity contribution < 1.29 is 9.59 Å². The van der Waals surface area contributed by atoms with Gasteiger partial charge in [0.05, 0.1) is 6.54 Å². The minimum atomic E-state index is -0.469. The predicted octanol–water partition coefficient (Wildman–Crippen LogP) is 1.32. The second-order valence-corrected chi connectivity index (χ2v) is 5.51. The van der Waals surface area contributed by atoms with E-state index in [9.17, 15) is 9.59 Å². The zero-order chi connectivity index (χ0) is 15.2. The zero-order valence-corrected chi connectivity index (χ0v) is 12.5. The van der Waals surface area contributed by atoms with Crippen molar-refractivity contribution >= 4 is 28.6 Å². The van der Waals surface area contributed by atoms with Crippen molar-refractivity contribution in [1.29, 1.82) is 0 Å². The maximum Gasteiger partial charge on any atom is 0.279 e. The highest BCUT2D eigenvalue weighted by Crippen LogP contribution is 2.20. The molecule has 1 unspecified atom stereocenters. The van der Waals surface area contributed by atoms with Crippen molar-refractivity contribution in [2.24, 2.45) is 5.73 Å². The molecule has 1 fully saturated rings. The Balaban J connectivity index is 2.12. The van der Waals surface area contributed by atoms with E-state index in [4.69, 9.17) is 5.73 Å². The lowest BCUT2D eigenvalue weighted by Crippen LogP contribution is -2.38. The van der Waals surface area contributed by atoms with Gasteiger partial charge in [0.1, 0.15) is 6.04 Å². The summed E-state index contributed by atoms with van der Waals surface area (Å²) < 4.78 is 0. The van der Waals surface area contributed by atoms with Gasteiger partial charge < -0.3 is 16.4 Å². The number of nitrogens with one attached hydrogen (secondary N) is 2. The Labute approximate surface area is 128 Å². The van der Waals surface area contributed by atoms with Crippen LogP contribution in [0, 0.1) is 11.8 Å². The molecule has 2 amide bonds. The second kappa shape index (κ2) is 7.16. The van der Waals surface area contributed by atoms with E-state index in [-0.39, 0.29) is 11.1 Å². The number of benzene rings is 1. The quantitative estimate of drug-likeness (QED) is 0.735. The molecule has 0 aliphatic carbocycles. The molecule has 6 heteroatoms. The molecule has 0 radical (unpaired) electrons. The summed E-state index contributed by atoms with van der Waals surface area (Å²) in [5.41, 5.74) is 7.99. The number of carbonyl (C=O) groups is 2. The number of thioether (sulfide) groups is 1. The van der Waals surface area contributed by atoms with Crippen LogP contribution in [0.1, 0.15) is 18.1 Å². The fourth-order valence-electron chi connectivity index (χ4n) is 1.98. The van der Waals surface area contributed by atoms with Gasteiger partial charge in [-0.1, -0.05) is 30.5 Å². The van der Waals surface area contributed by atoms with Crippen molar-refractivity contribution in [3.63, 3.8) is 0 Å². The fraction of sp³-hybridized carbons (Fsp3) is 0.333. The van der Waals surface area contributed by atoms with Crippen LogP contribution in [-0.2, 0) is 11.2 Å². The highest BCUT2D eigenvalue weighted by atomic mass is 32.2. The van der Waals surface area contributed by atoms with Gasteiger partial charge in [-0.3, -0.25) is 9.59 Å². The summed E-state index contributed by atoms with van der Waals surface area (Å²) in [5, 5.41) is 5.34. The number of carbonyl (C=O) groups excluding carboxylic acids is 2. The molecular formula is C15H17N3O2S. The van der Waals surface area contributed by atoms with E-state index in [1.54, 1.807) is 0 Å². The highest BCUT2D eigenvalue weighted by Gasteiger charge is 2.28. The average Bonchev–Trinajstić information content (AvgIpc) is 2.92. The number of anilines is 1. The SMILES string of the molecule is CCc1cc(C#CCN)ccc1NC(=O)C1CSC(=O)N1. The summed E-state index contributed by atoms with van der Waals surface area (Å²) >= 11 is 1.12. The van der Waals surface area contributed by atoms with Crippen LogP contribution in [-0.4, -0.2) is 29.5 Å². The maximum atomic E-state index is 12.1. The molecule has 1 heterocycles. The lowest BCUT2D eigenvalue weighted by atomic mass is 10.1. The third-order valence-electron chi connectivity index (χ3n) is 3.07. The van der Waals surface area contributed by atoms with Crippen molar-refractivity contribution in [3.05, 3.63) is 29.3 Å². The molecular weight excluding hydrogens is 286 g/mol. The molecule has 0 aromatic heterocycles. The van der Waals surface area contributed by atoms with Crippen LogP contribution in [0.25, 0.3) is 0 Å². The minimum absolute atomic E-state index is 0.154. The van der Waals surface area contributed by atoms with Crippen molar-refractivity contribution in [3.8, 4) is 11.8 Å². The number of rotatable bonds is 3. The Morgan fingerprint density at radius 1 is 1.57 bits per heavy atom. The first kappa shape index (κ1) is 15.4. The Bertz CT molecular complexity index is 619. The highest BCUT2D eigenvalue weighted by molar-refractivity contribution is 8.14. The minimum Gasteiger partial charge on any atom is -0.334 e. The van der Waals surface area contributed by atoms with Gasteiger partial charge in [0.25, 0.3) is 5.24 Å². The van der Waals surface area contributed by atoms with E-state index >= 15 is 0 Å². The Hall–Kier alpha value is -1.97. The largest absolute Gasteiger partial charge is 0.334 e. The van der Waals surface area contributed by atoms with Crippen LogP contribution >= 0.6 is 11.8 Å². The first-order valence-corrected chi connectivity index (χ1v) is 7.68. The Morgan fingerprint density at radius 2 is 2.38 bits per heavy atom. The molecule has 1 saturated heterocycles. The van der Waals surface area contributed by atoms with E-state index in [2.05, 4.69) is 22.5 Å². The molecule has 2 rings (SSSR count). The van der Waals surface area contributed by atoms with Crippen LogP contribution in [0.4, 0.5) is 10.5 Å². The van der Waals surface area contributed by atoms with Gasteiger partial charge in [0.15, 0.2) is 0 Å². The molecule has 5 nitrogen and oxygen atoms in total. The molecule has 1 aromatic rings. The van der Waals surface area contributed by atoms with Crippen LogP contribution in [0.3, 0.4) is 0 Å². The van der Waals surface area contributed by atoms with E-state index in [0.717, 1.165) is 35.0 Å². The number of hydrogen-bond donors (Lipinski definition) is 3. The second-order valence-electron chi connectivity index (χ2n) is 4.52. The number of amides is 2. The Morgan fingerprint density at radius 3 is 3.00 bits per heavy atom. The number of hydrogen-bond acceptors (Lipinski definition) is 4. The first-order valence-electron chi connectivity index (χ1n) is 6.70. The summed E-state index contributed by atoms with van der Waals surface area (Å²) in [7, 11) is 0. The zero-order valence-electron chi connectivity index (χ0n) is 11.7. The van der Waals surface area contributed by atoms with Gasteiger partial charge in [0.2, 0.25) is 5.91 Å². The topological polar surface area (TPSA) is 84.2 Å². The molecule has 21 heavy (non-hydrogen) atoms. The van der Waals surface area contributed by atoms with Crippen molar-refractivity contribution in [1.82, 2.24) is 5.32 Å².